The molecule has 0 radical (unpaired) electrons. The number of allylic oxidation sites excluding steroid dienone is 1. The van der Waals surface area contributed by atoms with Crippen LogP contribution < -0.4 is 0 Å². The van der Waals surface area contributed by atoms with E-state index in [2.05, 4.69) is 13.8 Å². The predicted molar refractivity (Wildman–Crippen MR) is 70.3 cm³/mol. The van der Waals surface area contributed by atoms with E-state index in [4.69, 9.17) is 4.74 Å². The number of hydrogen-bond acceptors (Lipinski definition) is 2. The Labute approximate surface area is 103 Å². The molecule has 1 aromatic carbocycles. The van der Waals surface area contributed by atoms with E-state index in [1.807, 2.05) is 36.4 Å². The molecular weight excluding hydrogens is 212 g/mol. The Balaban J connectivity index is 2.28. The van der Waals surface area contributed by atoms with E-state index in [9.17, 15) is 4.79 Å². The molecule has 0 atom stereocenters. The molecule has 2 heteroatoms. The van der Waals surface area contributed by atoms with E-state index in [0.717, 1.165) is 12.8 Å². The number of ether oxygens (including phenoxy) is 1. The van der Waals surface area contributed by atoms with Crippen LogP contribution in [0.2, 0.25) is 0 Å². The topological polar surface area (TPSA) is 26.3 Å². The Morgan fingerprint density at radius 3 is 2.65 bits per heavy atom. The summed E-state index contributed by atoms with van der Waals surface area (Å²) in [6, 6.07) is 9.24. The van der Waals surface area contributed by atoms with Gasteiger partial charge in [0.2, 0.25) is 0 Å². The van der Waals surface area contributed by atoms with Crippen molar-refractivity contribution in [3.8, 4) is 0 Å². The molecule has 0 fully saturated rings. The molecule has 0 N–H and O–H groups in total. The van der Waals surface area contributed by atoms with Crippen molar-refractivity contribution in [2.75, 3.05) is 13.2 Å². The van der Waals surface area contributed by atoms with Crippen LogP contribution in [-0.2, 0) is 4.74 Å². The maximum Gasteiger partial charge on any atom is 0.188 e. The smallest absolute Gasteiger partial charge is 0.188 e. The minimum atomic E-state index is 0.0344. The van der Waals surface area contributed by atoms with Crippen LogP contribution >= 0.6 is 0 Å². The van der Waals surface area contributed by atoms with Crippen molar-refractivity contribution in [1.29, 1.82) is 0 Å². The quantitative estimate of drug-likeness (QED) is 0.407. The average molecular weight is 232 g/mol. The second-order valence-corrected chi connectivity index (χ2v) is 4.10. The van der Waals surface area contributed by atoms with Gasteiger partial charge in [-0.1, -0.05) is 55.3 Å². The third kappa shape index (κ3) is 5.45. The number of hydrogen-bond donors (Lipinski definition) is 0. The first kappa shape index (κ1) is 13.7. The van der Waals surface area contributed by atoms with E-state index in [-0.39, 0.29) is 12.4 Å². The Kier molecular flexibility index (Phi) is 6.26. The van der Waals surface area contributed by atoms with Crippen molar-refractivity contribution in [2.45, 2.75) is 26.7 Å². The van der Waals surface area contributed by atoms with Gasteiger partial charge in [0.1, 0.15) is 6.61 Å². The Morgan fingerprint density at radius 1 is 1.29 bits per heavy atom. The highest BCUT2D eigenvalue weighted by Crippen LogP contribution is 2.03. The maximum absolute atomic E-state index is 11.7. The summed E-state index contributed by atoms with van der Waals surface area (Å²) in [5, 5.41) is 0. The molecule has 0 saturated heterocycles. The molecule has 17 heavy (non-hydrogen) atoms. The lowest BCUT2D eigenvalue weighted by Crippen LogP contribution is -2.09. The van der Waals surface area contributed by atoms with Crippen LogP contribution in [0.1, 0.15) is 37.0 Å². The van der Waals surface area contributed by atoms with Gasteiger partial charge in [0.25, 0.3) is 0 Å². The summed E-state index contributed by atoms with van der Waals surface area (Å²) in [5.74, 6) is 0.0344. The predicted octanol–water partition coefficient (Wildman–Crippen LogP) is 3.63. The maximum atomic E-state index is 11.7. The number of Topliss-reactive ketones (excluding diaryl/α,β-unsaturated/α-hetero) is 1. The molecule has 0 saturated carbocycles. The zero-order valence-corrected chi connectivity index (χ0v) is 10.6. The third-order valence-electron chi connectivity index (χ3n) is 2.52. The van der Waals surface area contributed by atoms with Gasteiger partial charge < -0.3 is 4.74 Å². The van der Waals surface area contributed by atoms with Gasteiger partial charge in [-0.05, 0) is 13.3 Å². The molecule has 0 spiro atoms. The zero-order valence-electron chi connectivity index (χ0n) is 10.6. The van der Waals surface area contributed by atoms with Crippen molar-refractivity contribution < 1.29 is 9.53 Å². The highest BCUT2D eigenvalue weighted by atomic mass is 16.5. The van der Waals surface area contributed by atoms with Gasteiger partial charge >= 0.3 is 0 Å². The molecule has 2 nitrogen and oxygen atoms in total. The normalized spacial score (nSPS) is 11.5. The highest BCUT2D eigenvalue weighted by Gasteiger charge is 2.03. The van der Waals surface area contributed by atoms with Gasteiger partial charge in [-0.3, -0.25) is 4.79 Å². The largest absolute Gasteiger partial charge is 0.369 e. The lowest BCUT2D eigenvalue weighted by Gasteiger charge is -2.02. The van der Waals surface area contributed by atoms with Gasteiger partial charge in [-0.25, -0.2) is 0 Å². The summed E-state index contributed by atoms with van der Waals surface area (Å²) in [6.07, 6.45) is 4.28. The molecule has 0 unspecified atom stereocenters. The Morgan fingerprint density at radius 2 is 2.00 bits per heavy atom. The van der Waals surface area contributed by atoms with Gasteiger partial charge in [-0.2, -0.15) is 0 Å². The Hall–Kier alpha value is -1.41. The van der Waals surface area contributed by atoms with E-state index in [1.54, 1.807) is 0 Å². The number of benzene rings is 1. The number of rotatable bonds is 7. The minimum absolute atomic E-state index is 0.0344. The summed E-state index contributed by atoms with van der Waals surface area (Å²) in [5.41, 5.74) is 2.03. The summed E-state index contributed by atoms with van der Waals surface area (Å²) in [4.78, 5) is 11.7. The van der Waals surface area contributed by atoms with Crippen LogP contribution in [0.3, 0.4) is 0 Å². The fraction of sp³-hybridized carbons (Fsp3) is 0.400. The van der Waals surface area contributed by atoms with Crippen molar-refractivity contribution in [3.05, 3.63) is 47.5 Å². The van der Waals surface area contributed by atoms with Crippen LogP contribution in [0.4, 0.5) is 0 Å². The van der Waals surface area contributed by atoms with E-state index in [1.165, 1.54) is 5.57 Å². The molecule has 1 aromatic rings. The number of carbonyl (C=O) groups excluding carboxylic acids is 1. The fourth-order valence-electron chi connectivity index (χ4n) is 1.56. The molecule has 1 rings (SSSR count). The van der Waals surface area contributed by atoms with E-state index < -0.39 is 0 Å². The van der Waals surface area contributed by atoms with E-state index in [0.29, 0.717) is 12.2 Å². The Bertz CT molecular complexity index is 366. The first-order valence-corrected chi connectivity index (χ1v) is 6.05. The molecule has 92 valence electrons. The minimum Gasteiger partial charge on any atom is -0.369 e. The number of ketones is 1. The standard InChI is InChI=1S/C15H20O2/c1-3-7-13(2)10-11-17-12-15(16)14-8-5-4-6-9-14/h4-6,8-10H,3,7,11-12H2,1-2H3/b13-10+. The zero-order chi connectivity index (χ0) is 12.5. The van der Waals surface area contributed by atoms with Crippen molar-refractivity contribution in [1.82, 2.24) is 0 Å². The lowest BCUT2D eigenvalue weighted by atomic mass is 10.1. The first-order chi connectivity index (χ1) is 8.24. The third-order valence-corrected chi connectivity index (χ3v) is 2.52. The van der Waals surface area contributed by atoms with Crippen LogP contribution in [-0.4, -0.2) is 19.0 Å². The van der Waals surface area contributed by atoms with Crippen molar-refractivity contribution >= 4 is 5.78 Å². The van der Waals surface area contributed by atoms with Gasteiger partial charge in [0.15, 0.2) is 5.78 Å². The molecular formula is C15H20O2. The summed E-state index contributed by atoms with van der Waals surface area (Å²) >= 11 is 0. The van der Waals surface area contributed by atoms with Crippen molar-refractivity contribution in [2.24, 2.45) is 0 Å². The second kappa shape index (κ2) is 7.80. The van der Waals surface area contributed by atoms with Crippen LogP contribution in [0, 0.1) is 0 Å². The number of carbonyl (C=O) groups is 1. The van der Waals surface area contributed by atoms with Crippen LogP contribution in [0.15, 0.2) is 42.0 Å². The summed E-state index contributed by atoms with van der Waals surface area (Å²) in [6.45, 7) is 4.91. The van der Waals surface area contributed by atoms with Gasteiger partial charge in [-0.15, -0.1) is 0 Å². The van der Waals surface area contributed by atoms with Crippen LogP contribution in [0.5, 0.6) is 0 Å². The van der Waals surface area contributed by atoms with Gasteiger partial charge in [0.05, 0.1) is 6.61 Å². The average Bonchev–Trinajstić information content (AvgIpc) is 2.36. The molecule has 0 aliphatic carbocycles. The first-order valence-electron chi connectivity index (χ1n) is 6.05. The fourth-order valence-corrected chi connectivity index (χ4v) is 1.56. The monoisotopic (exact) mass is 232 g/mol. The lowest BCUT2D eigenvalue weighted by molar-refractivity contribution is 0.0805. The molecule has 0 aliphatic rings. The highest BCUT2D eigenvalue weighted by molar-refractivity contribution is 5.96. The SMILES string of the molecule is CCC/C(C)=C/COCC(=O)c1ccccc1. The molecule has 0 aromatic heterocycles. The van der Waals surface area contributed by atoms with Gasteiger partial charge in [0, 0.05) is 5.56 Å². The second-order valence-electron chi connectivity index (χ2n) is 4.10. The molecule has 0 amide bonds. The summed E-state index contributed by atoms with van der Waals surface area (Å²) < 4.78 is 5.34. The molecule has 0 bridgehead atoms. The van der Waals surface area contributed by atoms with Crippen LogP contribution in [0.25, 0.3) is 0 Å². The molecule has 0 heterocycles. The van der Waals surface area contributed by atoms with Crippen molar-refractivity contribution in [3.63, 3.8) is 0 Å². The van der Waals surface area contributed by atoms with E-state index >= 15 is 0 Å². The molecule has 0 aliphatic heterocycles. The summed E-state index contributed by atoms with van der Waals surface area (Å²) in [7, 11) is 0.